The third kappa shape index (κ3) is 4.45. The molecule has 0 aliphatic heterocycles. The fourth-order valence-electron chi connectivity index (χ4n) is 2.51. The van der Waals surface area contributed by atoms with Gasteiger partial charge in [-0.2, -0.15) is 0 Å². The summed E-state index contributed by atoms with van der Waals surface area (Å²) in [6.45, 7) is 7.73. The first-order valence-electron chi connectivity index (χ1n) is 8.67. The highest BCUT2D eigenvalue weighted by molar-refractivity contribution is 8.00. The molecule has 3 rings (SSSR count). The molecule has 2 aromatic heterocycles. The van der Waals surface area contributed by atoms with Crippen molar-refractivity contribution in [1.82, 2.24) is 19.7 Å². The molecule has 0 aliphatic rings. The normalized spacial score (nSPS) is 11.8. The van der Waals surface area contributed by atoms with E-state index in [0.717, 1.165) is 5.56 Å². The lowest BCUT2D eigenvalue weighted by molar-refractivity contribution is -0.115. The van der Waals surface area contributed by atoms with Gasteiger partial charge in [-0.25, -0.2) is 4.39 Å². The largest absolute Gasteiger partial charge is 0.325 e. The molecule has 28 heavy (non-hydrogen) atoms. The summed E-state index contributed by atoms with van der Waals surface area (Å²) in [5, 5.41) is 11.4. The van der Waals surface area contributed by atoms with E-state index in [4.69, 9.17) is 0 Å². The minimum atomic E-state index is -0.456. The number of carbonyl (C=O) groups is 1. The predicted octanol–water partition coefficient (Wildman–Crippen LogP) is 4.09. The molecule has 0 fully saturated rings. The van der Waals surface area contributed by atoms with E-state index in [-0.39, 0.29) is 11.7 Å². The molecule has 144 valence electrons. The second-order valence-corrected chi connectivity index (χ2v) is 7.46. The third-order valence-corrected chi connectivity index (χ3v) is 5.14. The molecule has 0 saturated heterocycles. The van der Waals surface area contributed by atoms with E-state index in [2.05, 4.69) is 27.1 Å². The number of anilines is 1. The maximum absolute atomic E-state index is 13.7. The molecule has 0 spiro atoms. The molecule has 8 heteroatoms. The highest BCUT2D eigenvalue weighted by Crippen LogP contribution is 2.27. The number of amides is 1. The predicted molar refractivity (Wildman–Crippen MR) is 109 cm³/mol. The summed E-state index contributed by atoms with van der Waals surface area (Å²) < 4.78 is 15.6. The number of nitrogens with zero attached hydrogens (tertiary/aromatic N) is 4. The van der Waals surface area contributed by atoms with Gasteiger partial charge in [0.2, 0.25) is 5.91 Å². The van der Waals surface area contributed by atoms with Gasteiger partial charge in [0.15, 0.2) is 11.0 Å². The summed E-state index contributed by atoms with van der Waals surface area (Å²) in [5.74, 6) is 0.0794. The van der Waals surface area contributed by atoms with Crippen LogP contribution < -0.4 is 5.32 Å². The van der Waals surface area contributed by atoms with Crippen LogP contribution in [0.25, 0.3) is 11.4 Å². The Balaban J connectivity index is 1.76. The molecule has 0 bridgehead atoms. The highest BCUT2D eigenvalue weighted by atomic mass is 32.2. The molecular formula is C20H20FN5OS. The van der Waals surface area contributed by atoms with E-state index in [9.17, 15) is 9.18 Å². The monoisotopic (exact) mass is 397 g/mol. The van der Waals surface area contributed by atoms with Gasteiger partial charge in [-0.15, -0.1) is 16.8 Å². The van der Waals surface area contributed by atoms with Crippen LogP contribution >= 0.6 is 11.8 Å². The van der Waals surface area contributed by atoms with Gasteiger partial charge in [0, 0.05) is 30.2 Å². The minimum Gasteiger partial charge on any atom is -0.325 e. The average molecular weight is 397 g/mol. The van der Waals surface area contributed by atoms with Gasteiger partial charge in [-0.3, -0.25) is 14.3 Å². The molecule has 1 aromatic carbocycles. The Bertz CT molecular complexity index is 990. The number of hydrogen-bond donors (Lipinski definition) is 1. The highest BCUT2D eigenvalue weighted by Gasteiger charge is 2.20. The van der Waals surface area contributed by atoms with Crippen molar-refractivity contribution in [2.45, 2.75) is 30.8 Å². The number of carbonyl (C=O) groups excluding carboxylic acids is 1. The molecule has 1 N–H and O–H groups in total. The van der Waals surface area contributed by atoms with Crippen LogP contribution in [0, 0.1) is 12.7 Å². The van der Waals surface area contributed by atoms with Gasteiger partial charge in [-0.05, 0) is 43.7 Å². The number of rotatable bonds is 7. The number of aromatic nitrogens is 4. The van der Waals surface area contributed by atoms with Crippen molar-refractivity contribution in [3.05, 3.63) is 66.8 Å². The van der Waals surface area contributed by atoms with Crippen molar-refractivity contribution in [2.75, 3.05) is 5.32 Å². The van der Waals surface area contributed by atoms with E-state index >= 15 is 0 Å². The number of halogens is 1. The van der Waals surface area contributed by atoms with Crippen molar-refractivity contribution < 1.29 is 9.18 Å². The molecule has 2 heterocycles. The summed E-state index contributed by atoms with van der Waals surface area (Å²) in [5.41, 5.74) is 1.83. The van der Waals surface area contributed by atoms with E-state index in [1.165, 1.54) is 17.8 Å². The Morgan fingerprint density at radius 3 is 2.75 bits per heavy atom. The zero-order valence-corrected chi connectivity index (χ0v) is 16.4. The molecule has 0 radical (unpaired) electrons. The topological polar surface area (TPSA) is 72.7 Å². The number of benzene rings is 1. The van der Waals surface area contributed by atoms with Crippen molar-refractivity contribution in [1.29, 1.82) is 0 Å². The fourth-order valence-corrected chi connectivity index (χ4v) is 3.37. The van der Waals surface area contributed by atoms with E-state index in [0.29, 0.717) is 28.8 Å². The SMILES string of the molecule is C=CCn1c(SC(C)C(=O)Nc2ccc(C)c(F)c2)nnc1-c1ccncc1. The number of pyridine rings is 1. The minimum absolute atomic E-state index is 0.244. The molecule has 0 aliphatic carbocycles. The maximum Gasteiger partial charge on any atom is 0.237 e. The van der Waals surface area contributed by atoms with E-state index in [1.54, 1.807) is 44.4 Å². The molecular weight excluding hydrogens is 377 g/mol. The fraction of sp³-hybridized carbons (Fsp3) is 0.200. The molecule has 1 atom stereocenters. The second kappa shape index (κ2) is 8.79. The Labute approximate surface area is 166 Å². The zero-order valence-electron chi connectivity index (χ0n) is 15.6. The molecule has 6 nitrogen and oxygen atoms in total. The number of thioether (sulfide) groups is 1. The van der Waals surface area contributed by atoms with E-state index in [1.807, 2.05) is 16.7 Å². The van der Waals surface area contributed by atoms with Gasteiger partial charge in [0.1, 0.15) is 5.82 Å². The second-order valence-electron chi connectivity index (χ2n) is 6.15. The number of hydrogen-bond acceptors (Lipinski definition) is 5. The first-order valence-corrected chi connectivity index (χ1v) is 9.55. The van der Waals surface area contributed by atoms with Crippen LogP contribution in [0.4, 0.5) is 10.1 Å². The number of aryl methyl sites for hydroxylation is 1. The van der Waals surface area contributed by atoms with Crippen molar-refractivity contribution in [3.63, 3.8) is 0 Å². The lowest BCUT2D eigenvalue weighted by atomic mass is 10.2. The van der Waals surface area contributed by atoms with Gasteiger partial charge in [0.05, 0.1) is 5.25 Å². The van der Waals surface area contributed by atoms with Gasteiger partial charge >= 0.3 is 0 Å². The first kappa shape index (κ1) is 19.8. The van der Waals surface area contributed by atoms with Gasteiger partial charge in [-0.1, -0.05) is 23.9 Å². The number of allylic oxidation sites excluding steroid dienone is 1. The first-order chi connectivity index (χ1) is 13.5. The number of nitrogens with one attached hydrogen (secondary N) is 1. The van der Waals surface area contributed by atoms with Crippen molar-refractivity contribution >= 4 is 23.4 Å². The summed E-state index contributed by atoms with van der Waals surface area (Å²) in [6.07, 6.45) is 5.12. The van der Waals surface area contributed by atoms with Crippen LogP contribution in [0.2, 0.25) is 0 Å². The summed E-state index contributed by atoms with van der Waals surface area (Å²) in [4.78, 5) is 16.5. The zero-order chi connectivity index (χ0) is 20.1. The maximum atomic E-state index is 13.7. The van der Waals surface area contributed by atoms with Crippen LogP contribution in [0.5, 0.6) is 0 Å². The average Bonchev–Trinajstić information content (AvgIpc) is 3.08. The lowest BCUT2D eigenvalue weighted by Crippen LogP contribution is -2.23. The van der Waals surface area contributed by atoms with Crippen molar-refractivity contribution in [3.8, 4) is 11.4 Å². The smallest absolute Gasteiger partial charge is 0.237 e. The van der Waals surface area contributed by atoms with Crippen molar-refractivity contribution in [2.24, 2.45) is 0 Å². The Morgan fingerprint density at radius 1 is 1.32 bits per heavy atom. The third-order valence-electron chi connectivity index (χ3n) is 4.06. The Kier molecular flexibility index (Phi) is 6.20. The standard InChI is InChI=1S/C20H20FN5OS/c1-4-11-26-18(15-7-9-22-10-8-15)24-25-20(26)28-14(3)19(27)23-16-6-5-13(2)17(21)12-16/h4-10,12,14H,1,11H2,2-3H3,(H,23,27). The van der Waals surface area contributed by atoms with Crippen LogP contribution in [0.1, 0.15) is 12.5 Å². The quantitative estimate of drug-likeness (QED) is 0.480. The summed E-state index contributed by atoms with van der Waals surface area (Å²) in [6, 6.07) is 8.31. The van der Waals surface area contributed by atoms with Crippen LogP contribution in [0.3, 0.4) is 0 Å². The van der Waals surface area contributed by atoms with Crippen LogP contribution in [-0.4, -0.2) is 30.9 Å². The van der Waals surface area contributed by atoms with Gasteiger partial charge in [0.25, 0.3) is 0 Å². The lowest BCUT2D eigenvalue weighted by Gasteiger charge is -2.13. The Morgan fingerprint density at radius 2 is 2.07 bits per heavy atom. The van der Waals surface area contributed by atoms with E-state index < -0.39 is 5.25 Å². The van der Waals surface area contributed by atoms with Crippen LogP contribution in [-0.2, 0) is 11.3 Å². The van der Waals surface area contributed by atoms with Gasteiger partial charge < -0.3 is 5.32 Å². The molecule has 0 saturated carbocycles. The molecule has 3 aromatic rings. The van der Waals surface area contributed by atoms with Crippen LogP contribution in [0.15, 0.2) is 60.5 Å². The Hall–Kier alpha value is -3.00. The molecule has 1 amide bonds. The summed E-state index contributed by atoms with van der Waals surface area (Å²) >= 11 is 1.28. The molecule has 1 unspecified atom stereocenters. The summed E-state index contributed by atoms with van der Waals surface area (Å²) in [7, 11) is 0.